The Hall–Kier alpha value is -2.62. The fraction of sp³-hybridized carbons (Fsp3) is 0.176. The van der Waals surface area contributed by atoms with Crippen molar-refractivity contribution >= 4 is 22.5 Å². The van der Waals surface area contributed by atoms with Crippen LogP contribution < -0.4 is 4.90 Å². The highest BCUT2D eigenvalue weighted by atomic mass is 16.2. The summed E-state index contributed by atoms with van der Waals surface area (Å²) in [7, 11) is 1.78. The lowest BCUT2D eigenvalue weighted by molar-refractivity contribution is 0.0990. The van der Waals surface area contributed by atoms with Gasteiger partial charge in [0.2, 0.25) is 0 Å². The van der Waals surface area contributed by atoms with Crippen molar-refractivity contribution in [1.82, 2.24) is 10.2 Å². The lowest BCUT2D eigenvalue weighted by atomic mass is 10.1. The molecule has 0 aliphatic heterocycles. The largest absolute Gasteiger partial charge is 0.310 e. The molecule has 0 aliphatic carbocycles. The van der Waals surface area contributed by atoms with Crippen LogP contribution in [0.25, 0.3) is 10.9 Å². The molecule has 1 aromatic heterocycles. The van der Waals surface area contributed by atoms with E-state index in [1.807, 2.05) is 50.2 Å². The molecule has 0 saturated carbocycles. The minimum atomic E-state index is -0.113. The van der Waals surface area contributed by atoms with Gasteiger partial charge in [-0.25, -0.2) is 0 Å². The van der Waals surface area contributed by atoms with E-state index in [2.05, 4.69) is 16.3 Å². The molecule has 0 radical (unpaired) electrons. The number of anilines is 1. The number of aromatic amines is 1. The number of nitrogens with one attached hydrogen (secondary N) is 1. The molecule has 4 nitrogen and oxygen atoms in total. The molecule has 0 fully saturated rings. The maximum absolute atomic E-state index is 12.7. The number of para-hydroxylation sites is 1. The van der Waals surface area contributed by atoms with E-state index in [0.29, 0.717) is 5.69 Å². The summed E-state index contributed by atoms with van der Waals surface area (Å²) in [6.45, 7) is 4.05. The van der Waals surface area contributed by atoms with Crippen molar-refractivity contribution in [2.45, 2.75) is 13.8 Å². The van der Waals surface area contributed by atoms with Gasteiger partial charge in [-0.15, -0.1) is 0 Å². The molecule has 106 valence electrons. The summed E-state index contributed by atoms with van der Waals surface area (Å²) < 4.78 is 0. The van der Waals surface area contributed by atoms with Crippen LogP contribution in [0.3, 0.4) is 0 Å². The number of hydrogen-bond donors (Lipinski definition) is 1. The quantitative estimate of drug-likeness (QED) is 0.781. The summed E-state index contributed by atoms with van der Waals surface area (Å²) in [5, 5.41) is 7.92. The van der Waals surface area contributed by atoms with Crippen molar-refractivity contribution < 1.29 is 4.79 Å². The summed E-state index contributed by atoms with van der Waals surface area (Å²) in [4.78, 5) is 14.3. The number of H-pyrrole nitrogens is 1. The molecular formula is C17H17N3O. The van der Waals surface area contributed by atoms with Gasteiger partial charge in [0, 0.05) is 18.1 Å². The van der Waals surface area contributed by atoms with Crippen LogP contribution in [0.4, 0.5) is 5.69 Å². The van der Waals surface area contributed by atoms with Crippen molar-refractivity contribution in [3.63, 3.8) is 0 Å². The zero-order valence-corrected chi connectivity index (χ0v) is 12.3. The van der Waals surface area contributed by atoms with E-state index in [1.165, 1.54) is 0 Å². The zero-order valence-electron chi connectivity index (χ0n) is 12.3. The third kappa shape index (κ3) is 2.40. The van der Waals surface area contributed by atoms with Crippen LogP contribution in [0.15, 0.2) is 42.5 Å². The Morgan fingerprint density at radius 2 is 1.76 bits per heavy atom. The molecule has 1 N–H and O–H groups in total. The maximum Gasteiger partial charge on any atom is 0.279 e. The van der Waals surface area contributed by atoms with E-state index in [0.717, 1.165) is 27.7 Å². The summed E-state index contributed by atoms with van der Waals surface area (Å²) in [6, 6.07) is 13.7. The predicted molar refractivity (Wildman–Crippen MR) is 84.7 cm³/mol. The molecular weight excluding hydrogens is 262 g/mol. The standard InChI is InChI=1S/C17H17N3O/c1-11-8-12(2)10-13(9-11)20(3)17(21)16-14-6-4-5-7-15(14)18-19-16/h4-10H,1-3H3,(H,18,19). The second kappa shape index (κ2) is 5.05. The van der Waals surface area contributed by atoms with Gasteiger partial charge in [0.25, 0.3) is 5.91 Å². The molecule has 1 heterocycles. The number of aryl methyl sites for hydroxylation is 2. The van der Waals surface area contributed by atoms with Crippen LogP contribution in [0.1, 0.15) is 21.6 Å². The normalized spacial score (nSPS) is 10.8. The number of fused-ring (bicyclic) bond motifs is 1. The molecule has 0 saturated heterocycles. The van der Waals surface area contributed by atoms with E-state index in [4.69, 9.17) is 0 Å². The van der Waals surface area contributed by atoms with Crippen molar-refractivity contribution in [1.29, 1.82) is 0 Å². The van der Waals surface area contributed by atoms with Gasteiger partial charge in [0.15, 0.2) is 5.69 Å². The molecule has 0 atom stereocenters. The van der Waals surface area contributed by atoms with Gasteiger partial charge >= 0.3 is 0 Å². The Labute approximate surface area is 123 Å². The average molecular weight is 279 g/mol. The number of rotatable bonds is 2. The Morgan fingerprint density at radius 3 is 2.48 bits per heavy atom. The number of benzene rings is 2. The first-order valence-corrected chi connectivity index (χ1v) is 6.86. The van der Waals surface area contributed by atoms with Gasteiger partial charge in [-0.05, 0) is 43.2 Å². The molecule has 3 aromatic rings. The fourth-order valence-electron chi connectivity index (χ4n) is 2.55. The van der Waals surface area contributed by atoms with E-state index in [9.17, 15) is 4.79 Å². The molecule has 1 amide bonds. The molecule has 2 aromatic carbocycles. The van der Waals surface area contributed by atoms with Gasteiger partial charge in [0.1, 0.15) is 0 Å². The Morgan fingerprint density at radius 1 is 1.10 bits per heavy atom. The Bertz CT molecular complexity index is 800. The van der Waals surface area contributed by atoms with Crippen LogP contribution >= 0.6 is 0 Å². The molecule has 3 rings (SSSR count). The molecule has 0 spiro atoms. The molecule has 0 aliphatic rings. The van der Waals surface area contributed by atoms with Crippen LogP contribution in [0, 0.1) is 13.8 Å². The Kier molecular flexibility index (Phi) is 3.22. The molecule has 21 heavy (non-hydrogen) atoms. The SMILES string of the molecule is Cc1cc(C)cc(N(C)C(=O)c2n[nH]c3ccccc23)c1. The topological polar surface area (TPSA) is 49.0 Å². The molecule has 0 unspecified atom stereocenters. The van der Waals surface area contributed by atoms with Gasteiger partial charge in [-0.2, -0.15) is 5.10 Å². The van der Waals surface area contributed by atoms with E-state index >= 15 is 0 Å². The highest BCUT2D eigenvalue weighted by Gasteiger charge is 2.19. The van der Waals surface area contributed by atoms with Gasteiger partial charge < -0.3 is 4.90 Å². The highest BCUT2D eigenvalue weighted by molar-refractivity contribution is 6.12. The number of carbonyl (C=O) groups excluding carboxylic acids is 1. The third-order valence-electron chi connectivity index (χ3n) is 3.57. The van der Waals surface area contributed by atoms with Crippen LogP contribution in [-0.4, -0.2) is 23.2 Å². The minimum Gasteiger partial charge on any atom is -0.310 e. The number of amides is 1. The summed E-state index contributed by atoms with van der Waals surface area (Å²) in [5.41, 5.74) is 4.47. The molecule has 0 bridgehead atoms. The van der Waals surface area contributed by atoms with Gasteiger partial charge in [0.05, 0.1) is 5.52 Å². The first-order valence-electron chi connectivity index (χ1n) is 6.86. The smallest absolute Gasteiger partial charge is 0.279 e. The third-order valence-corrected chi connectivity index (χ3v) is 3.57. The first kappa shape index (κ1) is 13.4. The number of nitrogens with zero attached hydrogens (tertiary/aromatic N) is 2. The minimum absolute atomic E-state index is 0.113. The van der Waals surface area contributed by atoms with Crippen molar-refractivity contribution in [3.8, 4) is 0 Å². The number of hydrogen-bond acceptors (Lipinski definition) is 2. The van der Waals surface area contributed by atoms with Crippen molar-refractivity contribution in [3.05, 3.63) is 59.3 Å². The second-order valence-corrected chi connectivity index (χ2v) is 5.33. The predicted octanol–water partition coefficient (Wildman–Crippen LogP) is 3.46. The van der Waals surface area contributed by atoms with Crippen LogP contribution in [0.5, 0.6) is 0 Å². The lowest BCUT2D eigenvalue weighted by Gasteiger charge is -2.17. The summed E-state index contributed by atoms with van der Waals surface area (Å²) in [6.07, 6.45) is 0. The number of aromatic nitrogens is 2. The van der Waals surface area contributed by atoms with Gasteiger partial charge in [-0.3, -0.25) is 9.89 Å². The summed E-state index contributed by atoms with van der Waals surface area (Å²) in [5.74, 6) is -0.113. The fourth-order valence-corrected chi connectivity index (χ4v) is 2.55. The van der Waals surface area contributed by atoms with Crippen LogP contribution in [-0.2, 0) is 0 Å². The molecule has 4 heteroatoms. The van der Waals surface area contributed by atoms with E-state index in [1.54, 1.807) is 11.9 Å². The van der Waals surface area contributed by atoms with Crippen molar-refractivity contribution in [2.24, 2.45) is 0 Å². The van der Waals surface area contributed by atoms with Crippen molar-refractivity contribution in [2.75, 3.05) is 11.9 Å². The first-order chi connectivity index (χ1) is 10.1. The second-order valence-electron chi connectivity index (χ2n) is 5.33. The number of carbonyl (C=O) groups is 1. The lowest BCUT2D eigenvalue weighted by Crippen LogP contribution is -2.26. The zero-order chi connectivity index (χ0) is 15.0. The van der Waals surface area contributed by atoms with E-state index < -0.39 is 0 Å². The maximum atomic E-state index is 12.7. The summed E-state index contributed by atoms with van der Waals surface area (Å²) >= 11 is 0. The van der Waals surface area contributed by atoms with Gasteiger partial charge in [-0.1, -0.05) is 24.3 Å². The van der Waals surface area contributed by atoms with Crippen LogP contribution in [0.2, 0.25) is 0 Å². The van der Waals surface area contributed by atoms with E-state index in [-0.39, 0.29) is 5.91 Å². The Balaban J connectivity index is 2.01. The highest BCUT2D eigenvalue weighted by Crippen LogP contribution is 2.22. The average Bonchev–Trinajstić information content (AvgIpc) is 2.88. The monoisotopic (exact) mass is 279 g/mol.